The van der Waals surface area contributed by atoms with Gasteiger partial charge in [0, 0.05) is 19.0 Å². The molecule has 0 radical (unpaired) electrons. The number of hydrogen-bond donors (Lipinski definition) is 1. The maximum Gasteiger partial charge on any atom is 0.0809 e. The van der Waals surface area contributed by atoms with Crippen LogP contribution in [-0.2, 0) is 0 Å². The summed E-state index contributed by atoms with van der Waals surface area (Å²) in [6.07, 6.45) is 0.288. The van der Waals surface area contributed by atoms with E-state index in [0.29, 0.717) is 6.42 Å². The molecule has 0 saturated carbocycles. The fourth-order valence-corrected chi connectivity index (χ4v) is 3.86. The Kier molecular flexibility index (Phi) is 4.42. The molecule has 0 heterocycles. The van der Waals surface area contributed by atoms with Crippen molar-refractivity contribution in [2.45, 2.75) is 19.4 Å². The zero-order valence-electron chi connectivity index (χ0n) is 7.02. The monoisotopic (exact) mass is 370 g/mol. The lowest BCUT2D eigenvalue weighted by Crippen LogP contribution is -1.97. The number of hydrogen-bond acceptors (Lipinski definition) is 1. The van der Waals surface area contributed by atoms with Crippen molar-refractivity contribution in [2.75, 3.05) is 0 Å². The molecular formula is C9H9Br3O. The summed E-state index contributed by atoms with van der Waals surface area (Å²) in [6, 6.07) is 3.86. The van der Waals surface area contributed by atoms with E-state index in [1.807, 2.05) is 19.1 Å². The Morgan fingerprint density at radius 1 is 1.23 bits per heavy atom. The van der Waals surface area contributed by atoms with Gasteiger partial charge < -0.3 is 5.11 Å². The van der Waals surface area contributed by atoms with Gasteiger partial charge in [-0.1, -0.05) is 54.7 Å². The number of aliphatic hydroxyl groups excluding tert-OH is 1. The molecule has 0 bridgehead atoms. The van der Waals surface area contributed by atoms with E-state index >= 15 is 0 Å². The highest BCUT2D eigenvalue weighted by Gasteiger charge is 2.13. The van der Waals surface area contributed by atoms with Crippen LogP contribution in [0.2, 0.25) is 0 Å². The predicted molar refractivity (Wildman–Crippen MR) is 64.8 cm³/mol. The molecule has 1 unspecified atom stereocenters. The molecule has 0 spiro atoms. The molecule has 4 heteroatoms. The van der Waals surface area contributed by atoms with Gasteiger partial charge in [-0.25, -0.2) is 0 Å². The molecule has 0 aliphatic carbocycles. The lowest BCUT2D eigenvalue weighted by atomic mass is 10.1. The van der Waals surface area contributed by atoms with Crippen molar-refractivity contribution >= 4 is 47.8 Å². The molecule has 0 saturated heterocycles. The molecule has 1 rings (SSSR count). The third kappa shape index (κ3) is 2.78. The van der Waals surface area contributed by atoms with Crippen molar-refractivity contribution in [3.63, 3.8) is 0 Å². The van der Waals surface area contributed by atoms with Crippen molar-refractivity contribution in [2.24, 2.45) is 0 Å². The van der Waals surface area contributed by atoms with E-state index in [1.54, 1.807) is 0 Å². The first-order chi connectivity index (χ1) is 6.06. The lowest BCUT2D eigenvalue weighted by molar-refractivity contribution is 0.172. The third-order valence-electron chi connectivity index (χ3n) is 1.76. The summed E-state index contributed by atoms with van der Waals surface area (Å²) in [7, 11) is 0. The second-order valence-corrected chi connectivity index (χ2v) is 5.33. The third-order valence-corrected chi connectivity index (χ3v) is 3.53. The highest BCUT2D eigenvalue weighted by atomic mass is 79.9. The first-order valence-corrected chi connectivity index (χ1v) is 6.26. The Morgan fingerprint density at radius 3 is 2.08 bits per heavy atom. The fourth-order valence-electron chi connectivity index (χ4n) is 1.08. The summed E-state index contributed by atoms with van der Waals surface area (Å²) in [5.41, 5.74) is 0.908. The molecule has 1 aromatic carbocycles. The molecule has 0 amide bonds. The molecule has 13 heavy (non-hydrogen) atoms. The predicted octanol–water partition coefficient (Wildman–Crippen LogP) is 4.42. The first-order valence-electron chi connectivity index (χ1n) is 3.88. The molecule has 0 aromatic heterocycles. The first kappa shape index (κ1) is 11.7. The molecule has 0 aliphatic heterocycles. The Balaban J connectivity index is 3.20. The van der Waals surface area contributed by atoms with E-state index in [-0.39, 0.29) is 0 Å². The summed E-state index contributed by atoms with van der Waals surface area (Å²) in [6.45, 7) is 1.95. The summed E-state index contributed by atoms with van der Waals surface area (Å²) < 4.78 is 2.82. The van der Waals surface area contributed by atoms with Crippen LogP contribution in [0.3, 0.4) is 0 Å². The highest BCUT2D eigenvalue weighted by molar-refractivity contribution is 9.11. The van der Waals surface area contributed by atoms with E-state index < -0.39 is 6.10 Å². The van der Waals surface area contributed by atoms with Gasteiger partial charge in [0.05, 0.1) is 6.10 Å². The standard InChI is InChI=1S/C9H9Br3O/c1-2-8(13)9-6(11)3-5(10)4-7(9)12/h3-4,8,13H,2H2,1H3. The van der Waals surface area contributed by atoms with Gasteiger partial charge in [0.25, 0.3) is 0 Å². The van der Waals surface area contributed by atoms with Crippen LogP contribution in [0.15, 0.2) is 25.6 Å². The normalized spacial score (nSPS) is 13.0. The second kappa shape index (κ2) is 4.91. The second-order valence-electron chi connectivity index (χ2n) is 2.71. The molecule has 1 atom stereocenters. The zero-order valence-corrected chi connectivity index (χ0v) is 11.8. The molecular weight excluding hydrogens is 364 g/mol. The van der Waals surface area contributed by atoms with Gasteiger partial charge in [-0.3, -0.25) is 0 Å². The van der Waals surface area contributed by atoms with Gasteiger partial charge in [-0.05, 0) is 18.6 Å². The van der Waals surface area contributed by atoms with Gasteiger partial charge in [0.15, 0.2) is 0 Å². The van der Waals surface area contributed by atoms with E-state index in [0.717, 1.165) is 19.0 Å². The Labute approximate surface area is 103 Å². The number of benzene rings is 1. The summed E-state index contributed by atoms with van der Waals surface area (Å²) in [5.74, 6) is 0. The SMILES string of the molecule is CCC(O)c1c(Br)cc(Br)cc1Br. The smallest absolute Gasteiger partial charge is 0.0809 e. The summed E-state index contributed by atoms with van der Waals surface area (Å²) in [5, 5.41) is 9.71. The van der Waals surface area contributed by atoms with Gasteiger partial charge >= 0.3 is 0 Å². The van der Waals surface area contributed by atoms with E-state index in [2.05, 4.69) is 47.8 Å². The van der Waals surface area contributed by atoms with Crippen LogP contribution in [0.4, 0.5) is 0 Å². The Morgan fingerprint density at radius 2 is 1.69 bits per heavy atom. The van der Waals surface area contributed by atoms with Gasteiger partial charge in [0.2, 0.25) is 0 Å². The van der Waals surface area contributed by atoms with E-state index in [1.165, 1.54) is 0 Å². The van der Waals surface area contributed by atoms with Crippen LogP contribution in [0, 0.1) is 0 Å². The maximum atomic E-state index is 9.71. The van der Waals surface area contributed by atoms with E-state index in [9.17, 15) is 5.11 Å². The molecule has 1 aromatic rings. The highest BCUT2D eigenvalue weighted by Crippen LogP contribution is 2.35. The lowest BCUT2D eigenvalue weighted by Gasteiger charge is -2.13. The molecule has 72 valence electrons. The largest absolute Gasteiger partial charge is 0.388 e. The molecule has 0 aliphatic rings. The average Bonchev–Trinajstić information content (AvgIpc) is 2.02. The van der Waals surface area contributed by atoms with Crippen molar-refractivity contribution < 1.29 is 5.11 Å². The van der Waals surface area contributed by atoms with Gasteiger partial charge in [0.1, 0.15) is 0 Å². The number of rotatable bonds is 2. The minimum atomic E-state index is -0.420. The van der Waals surface area contributed by atoms with Crippen molar-refractivity contribution in [1.82, 2.24) is 0 Å². The van der Waals surface area contributed by atoms with Crippen LogP contribution < -0.4 is 0 Å². The number of halogens is 3. The fraction of sp³-hybridized carbons (Fsp3) is 0.333. The van der Waals surface area contributed by atoms with Crippen LogP contribution >= 0.6 is 47.8 Å². The van der Waals surface area contributed by atoms with Crippen LogP contribution in [0.5, 0.6) is 0 Å². The molecule has 1 N–H and O–H groups in total. The van der Waals surface area contributed by atoms with Crippen molar-refractivity contribution in [1.29, 1.82) is 0 Å². The molecule has 0 fully saturated rings. The summed E-state index contributed by atoms with van der Waals surface area (Å²) in [4.78, 5) is 0. The van der Waals surface area contributed by atoms with Crippen LogP contribution in [0.1, 0.15) is 25.0 Å². The van der Waals surface area contributed by atoms with Crippen molar-refractivity contribution in [3.05, 3.63) is 31.1 Å². The number of aliphatic hydroxyl groups is 1. The Hall–Kier alpha value is 0.620. The quantitative estimate of drug-likeness (QED) is 0.814. The minimum absolute atomic E-state index is 0.420. The summed E-state index contributed by atoms with van der Waals surface area (Å²) >= 11 is 10.2. The zero-order chi connectivity index (χ0) is 10.0. The van der Waals surface area contributed by atoms with Gasteiger partial charge in [-0.15, -0.1) is 0 Å². The van der Waals surface area contributed by atoms with Gasteiger partial charge in [-0.2, -0.15) is 0 Å². The molecule has 1 nitrogen and oxygen atoms in total. The average molecular weight is 373 g/mol. The topological polar surface area (TPSA) is 20.2 Å². The van der Waals surface area contributed by atoms with Crippen LogP contribution in [0.25, 0.3) is 0 Å². The maximum absolute atomic E-state index is 9.71. The minimum Gasteiger partial charge on any atom is -0.388 e. The Bertz CT molecular complexity index is 289. The van der Waals surface area contributed by atoms with E-state index in [4.69, 9.17) is 0 Å². The van der Waals surface area contributed by atoms with Crippen molar-refractivity contribution in [3.8, 4) is 0 Å². The van der Waals surface area contributed by atoms with Crippen LogP contribution in [-0.4, -0.2) is 5.11 Å².